The minimum atomic E-state index is -0.564. The Labute approximate surface area is 173 Å². The Balaban J connectivity index is 1.61. The number of benzene rings is 2. The van der Waals surface area contributed by atoms with Gasteiger partial charge in [-0.25, -0.2) is 0 Å². The van der Waals surface area contributed by atoms with E-state index >= 15 is 0 Å². The highest BCUT2D eigenvalue weighted by molar-refractivity contribution is 5.94. The number of amides is 2. The van der Waals surface area contributed by atoms with Crippen LogP contribution in [0.3, 0.4) is 0 Å². The number of carbonyl (C=O) groups is 2. The molecule has 0 saturated carbocycles. The van der Waals surface area contributed by atoms with Crippen molar-refractivity contribution in [3.63, 3.8) is 0 Å². The number of nitrogens with zero attached hydrogens (tertiary/aromatic N) is 2. The standard InChI is InChI=1S/C24H30N2O3/c1-18(2)21-12-7-8-13-22(21)29-19(3)23(27)25-14-9-15-26(17-16-25)24(28)20-10-5-4-6-11-20/h4-8,10-13,18-19H,9,14-17H2,1-3H3. The van der Waals surface area contributed by atoms with Gasteiger partial charge in [-0.1, -0.05) is 50.2 Å². The number of hydrogen-bond acceptors (Lipinski definition) is 3. The van der Waals surface area contributed by atoms with E-state index in [1.54, 1.807) is 6.92 Å². The van der Waals surface area contributed by atoms with Gasteiger partial charge in [0.05, 0.1) is 0 Å². The number of carbonyl (C=O) groups excluding carboxylic acids is 2. The number of hydrogen-bond donors (Lipinski definition) is 0. The lowest BCUT2D eigenvalue weighted by Crippen LogP contribution is -2.43. The van der Waals surface area contributed by atoms with Gasteiger partial charge in [-0.05, 0) is 43.0 Å². The molecule has 2 amide bonds. The summed E-state index contributed by atoms with van der Waals surface area (Å²) in [5.41, 5.74) is 1.79. The number of ether oxygens (including phenoxy) is 1. The lowest BCUT2D eigenvalue weighted by atomic mass is 10.0. The second-order valence-electron chi connectivity index (χ2n) is 7.79. The number of para-hydroxylation sites is 1. The first kappa shape index (κ1) is 20.9. The molecule has 0 radical (unpaired) electrons. The highest BCUT2D eigenvalue weighted by Crippen LogP contribution is 2.27. The summed E-state index contributed by atoms with van der Waals surface area (Å²) >= 11 is 0. The zero-order valence-corrected chi connectivity index (χ0v) is 17.5. The monoisotopic (exact) mass is 394 g/mol. The Morgan fingerprint density at radius 1 is 0.828 bits per heavy atom. The van der Waals surface area contributed by atoms with Crippen molar-refractivity contribution in [2.24, 2.45) is 0 Å². The molecule has 2 aromatic rings. The summed E-state index contributed by atoms with van der Waals surface area (Å²) in [5, 5.41) is 0. The zero-order chi connectivity index (χ0) is 20.8. The van der Waals surface area contributed by atoms with Crippen LogP contribution in [0.2, 0.25) is 0 Å². The number of rotatable bonds is 5. The SMILES string of the molecule is CC(Oc1ccccc1C(C)C)C(=O)N1CCCN(C(=O)c2ccccc2)CC1. The summed E-state index contributed by atoms with van der Waals surface area (Å²) in [4.78, 5) is 29.3. The highest BCUT2D eigenvalue weighted by Gasteiger charge is 2.27. The van der Waals surface area contributed by atoms with Gasteiger partial charge in [-0.15, -0.1) is 0 Å². The Morgan fingerprint density at radius 3 is 2.17 bits per heavy atom. The second kappa shape index (κ2) is 9.59. The van der Waals surface area contributed by atoms with Crippen LogP contribution in [0.5, 0.6) is 5.75 Å². The molecule has 29 heavy (non-hydrogen) atoms. The fourth-order valence-corrected chi connectivity index (χ4v) is 3.67. The molecule has 3 rings (SSSR count). The van der Waals surface area contributed by atoms with Crippen molar-refractivity contribution in [3.8, 4) is 5.75 Å². The molecule has 5 nitrogen and oxygen atoms in total. The molecule has 0 aliphatic carbocycles. The first-order valence-corrected chi connectivity index (χ1v) is 10.4. The molecule has 1 atom stereocenters. The van der Waals surface area contributed by atoms with Gasteiger partial charge in [0.2, 0.25) is 0 Å². The summed E-state index contributed by atoms with van der Waals surface area (Å²) in [6.45, 7) is 8.38. The van der Waals surface area contributed by atoms with Gasteiger partial charge in [-0.3, -0.25) is 9.59 Å². The Morgan fingerprint density at radius 2 is 1.45 bits per heavy atom. The molecule has 1 unspecified atom stereocenters. The van der Waals surface area contributed by atoms with E-state index in [1.807, 2.05) is 64.4 Å². The van der Waals surface area contributed by atoms with E-state index in [0.29, 0.717) is 37.7 Å². The predicted octanol–water partition coefficient (Wildman–Crippen LogP) is 3.95. The fraction of sp³-hybridized carbons (Fsp3) is 0.417. The first-order chi connectivity index (χ1) is 14.0. The van der Waals surface area contributed by atoms with Crippen LogP contribution in [0.4, 0.5) is 0 Å². The maximum Gasteiger partial charge on any atom is 0.263 e. The zero-order valence-electron chi connectivity index (χ0n) is 17.5. The molecule has 1 heterocycles. The van der Waals surface area contributed by atoms with E-state index in [9.17, 15) is 9.59 Å². The third-order valence-corrected chi connectivity index (χ3v) is 5.31. The van der Waals surface area contributed by atoms with Crippen molar-refractivity contribution in [3.05, 3.63) is 65.7 Å². The molecule has 0 bridgehead atoms. The summed E-state index contributed by atoms with van der Waals surface area (Å²) in [6.07, 6.45) is 0.200. The van der Waals surface area contributed by atoms with Gasteiger partial charge in [0.25, 0.3) is 11.8 Å². The van der Waals surface area contributed by atoms with Gasteiger partial charge >= 0.3 is 0 Å². The van der Waals surface area contributed by atoms with Crippen LogP contribution in [-0.4, -0.2) is 53.9 Å². The van der Waals surface area contributed by atoms with E-state index in [-0.39, 0.29) is 11.8 Å². The first-order valence-electron chi connectivity index (χ1n) is 10.4. The third-order valence-electron chi connectivity index (χ3n) is 5.31. The van der Waals surface area contributed by atoms with E-state index in [4.69, 9.17) is 4.74 Å². The van der Waals surface area contributed by atoms with Crippen molar-refractivity contribution in [2.75, 3.05) is 26.2 Å². The van der Waals surface area contributed by atoms with Crippen LogP contribution < -0.4 is 4.74 Å². The maximum atomic E-state index is 13.0. The van der Waals surface area contributed by atoms with Gasteiger partial charge in [0, 0.05) is 31.7 Å². The topological polar surface area (TPSA) is 49.9 Å². The van der Waals surface area contributed by atoms with Gasteiger partial charge in [0.15, 0.2) is 6.10 Å². The summed E-state index contributed by atoms with van der Waals surface area (Å²) in [5.74, 6) is 1.08. The average molecular weight is 395 g/mol. The lowest BCUT2D eigenvalue weighted by molar-refractivity contribution is -0.137. The van der Waals surface area contributed by atoms with Crippen molar-refractivity contribution < 1.29 is 14.3 Å². The van der Waals surface area contributed by atoms with E-state index in [1.165, 1.54) is 0 Å². The van der Waals surface area contributed by atoms with E-state index < -0.39 is 6.10 Å². The minimum Gasteiger partial charge on any atom is -0.481 e. The van der Waals surface area contributed by atoms with Gasteiger partial charge < -0.3 is 14.5 Å². The molecule has 0 aromatic heterocycles. The largest absolute Gasteiger partial charge is 0.481 e. The summed E-state index contributed by atoms with van der Waals surface area (Å²) < 4.78 is 6.03. The fourth-order valence-electron chi connectivity index (χ4n) is 3.67. The van der Waals surface area contributed by atoms with E-state index in [0.717, 1.165) is 17.7 Å². The molecule has 1 saturated heterocycles. The highest BCUT2D eigenvalue weighted by atomic mass is 16.5. The van der Waals surface area contributed by atoms with Crippen molar-refractivity contribution in [2.45, 2.75) is 39.2 Å². The van der Waals surface area contributed by atoms with E-state index in [2.05, 4.69) is 13.8 Å². The minimum absolute atomic E-state index is 0.0232. The second-order valence-corrected chi connectivity index (χ2v) is 7.79. The summed E-state index contributed by atoms with van der Waals surface area (Å²) in [7, 11) is 0. The van der Waals surface area contributed by atoms with Crippen molar-refractivity contribution in [1.29, 1.82) is 0 Å². The molecule has 1 aliphatic heterocycles. The van der Waals surface area contributed by atoms with Crippen LogP contribution in [0.1, 0.15) is 49.0 Å². The lowest BCUT2D eigenvalue weighted by Gasteiger charge is -2.26. The molecule has 0 spiro atoms. The molecular weight excluding hydrogens is 364 g/mol. The van der Waals surface area contributed by atoms with Gasteiger partial charge in [-0.2, -0.15) is 0 Å². The predicted molar refractivity (Wildman–Crippen MR) is 114 cm³/mol. The molecule has 154 valence electrons. The van der Waals surface area contributed by atoms with Crippen LogP contribution in [0, 0.1) is 0 Å². The maximum absolute atomic E-state index is 13.0. The van der Waals surface area contributed by atoms with Crippen LogP contribution in [0.15, 0.2) is 54.6 Å². The Hall–Kier alpha value is -2.82. The Kier molecular flexibility index (Phi) is 6.91. The molecule has 2 aromatic carbocycles. The summed E-state index contributed by atoms with van der Waals surface area (Å²) in [6, 6.07) is 17.2. The van der Waals surface area contributed by atoms with Crippen LogP contribution >= 0.6 is 0 Å². The molecule has 1 fully saturated rings. The molecule has 5 heteroatoms. The third kappa shape index (κ3) is 5.17. The molecule has 1 aliphatic rings. The average Bonchev–Trinajstić information content (AvgIpc) is 2.99. The van der Waals surface area contributed by atoms with Crippen LogP contribution in [-0.2, 0) is 4.79 Å². The van der Waals surface area contributed by atoms with Crippen LogP contribution in [0.25, 0.3) is 0 Å². The normalized spacial score (nSPS) is 15.7. The molecule has 0 N–H and O–H groups in total. The van der Waals surface area contributed by atoms with Gasteiger partial charge in [0.1, 0.15) is 5.75 Å². The molecular formula is C24H30N2O3. The van der Waals surface area contributed by atoms with Crippen molar-refractivity contribution >= 4 is 11.8 Å². The Bertz CT molecular complexity index is 835. The smallest absolute Gasteiger partial charge is 0.263 e. The van der Waals surface area contributed by atoms with Crippen molar-refractivity contribution in [1.82, 2.24) is 9.80 Å². The quantitative estimate of drug-likeness (QED) is 0.771.